The van der Waals surface area contributed by atoms with Gasteiger partial charge in [0.1, 0.15) is 11.6 Å². The number of halogens is 1. The van der Waals surface area contributed by atoms with Gasteiger partial charge in [0.05, 0.1) is 23.1 Å². The third-order valence-electron chi connectivity index (χ3n) is 5.35. The molecule has 178 valence electrons. The third kappa shape index (κ3) is 6.08. The van der Waals surface area contributed by atoms with E-state index in [9.17, 15) is 22.4 Å². The van der Waals surface area contributed by atoms with Gasteiger partial charge in [0.25, 0.3) is 5.91 Å². The van der Waals surface area contributed by atoms with E-state index in [1.54, 1.807) is 18.2 Å². The van der Waals surface area contributed by atoms with E-state index in [-0.39, 0.29) is 36.5 Å². The number of anilines is 1. The first-order valence-electron chi connectivity index (χ1n) is 10.7. The first-order chi connectivity index (χ1) is 15.7. The highest BCUT2D eigenvalue weighted by Crippen LogP contribution is 2.26. The topological polar surface area (TPSA) is 102 Å². The average molecular weight is 479 g/mol. The second-order valence-electron chi connectivity index (χ2n) is 7.63. The maximum atomic E-state index is 13.7. The molecule has 2 aromatic carbocycles. The molecular weight excluding hydrogens is 451 g/mol. The maximum absolute atomic E-state index is 13.7. The van der Waals surface area contributed by atoms with Gasteiger partial charge in [0.2, 0.25) is 10.0 Å². The minimum absolute atomic E-state index is 0.00166. The van der Waals surface area contributed by atoms with Crippen molar-refractivity contribution in [3.05, 3.63) is 54.3 Å². The number of rotatable bonds is 8. The van der Waals surface area contributed by atoms with Crippen LogP contribution in [0.4, 0.5) is 10.1 Å². The van der Waals surface area contributed by atoms with Crippen molar-refractivity contribution >= 4 is 27.6 Å². The lowest BCUT2D eigenvalue weighted by Crippen LogP contribution is -2.41. The van der Waals surface area contributed by atoms with Gasteiger partial charge in [-0.1, -0.05) is 12.1 Å². The summed E-state index contributed by atoms with van der Waals surface area (Å²) in [6, 6.07) is 11.9. The minimum atomic E-state index is -3.69. The Morgan fingerprint density at radius 3 is 2.36 bits per heavy atom. The first-order valence-corrected chi connectivity index (χ1v) is 12.1. The molecule has 1 atom stereocenters. The van der Waals surface area contributed by atoms with Crippen LogP contribution >= 0.6 is 0 Å². The number of benzene rings is 2. The smallest absolute Gasteiger partial charge is 0.309 e. The van der Waals surface area contributed by atoms with Crippen LogP contribution in [0.25, 0.3) is 0 Å². The van der Waals surface area contributed by atoms with Crippen molar-refractivity contribution in [1.29, 1.82) is 0 Å². The summed E-state index contributed by atoms with van der Waals surface area (Å²) in [6.07, 6.45) is -0.573. The molecule has 1 aliphatic heterocycles. The number of amides is 1. The molecule has 3 rings (SSSR count). The summed E-state index contributed by atoms with van der Waals surface area (Å²) in [5.74, 6) is -1.76. The van der Waals surface area contributed by atoms with Crippen LogP contribution in [0.3, 0.4) is 0 Å². The Labute approximate surface area is 192 Å². The van der Waals surface area contributed by atoms with Crippen molar-refractivity contribution in [3.63, 3.8) is 0 Å². The highest BCUT2D eigenvalue weighted by Gasteiger charge is 2.34. The minimum Gasteiger partial charge on any atom is -0.494 e. The molecule has 0 bridgehead atoms. The number of esters is 1. The summed E-state index contributed by atoms with van der Waals surface area (Å²) in [5, 5.41) is 2.39. The van der Waals surface area contributed by atoms with Gasteiger partial charge in [0, 0.05) is 13.1 Å². The lowest BCUT2D eigenvalue weighted by molar-refractivity contribution is -0.158. The molecule has 8 nitrogen and oxygen atoms in total. The molecule has 0 aromatic heterocycles. The summed E-state index contributed by atoms with van der Waals surface area (Å²) in [5.41, 5.74) is -0.00166. The van der Waals surface area contributed by atoms with Crippen LogP contribution in [0.2, 0.25) is 0 Å². The predicted molar refractivity (Wildman–Crippen MR) is 120 cm³/mol. The number of para-hydroxylation sites is 1. The molecule has 1 fully saturated rings. The SMILES string of the molecule is CCOc1ccc(S(=O)(=O)N2CCC(C(=O)OC(C)C(=O)Nc3ccccc3F)CC2)cc1. The fraction of sp³-hybridized carbons (Fsp3) is 0.391. The number of sulfonamides is 1. The molecule has 0 radical (unpaired) electrons. The van der Waals surface area contributed by atoms with Crippen LogP contribution in [0.1, 0.15) is 26.7 Å². The zero-order chi connectivity index (χ0) is 24.0. The lowest BCUT2D eigenvalue weighted by atomic mass is 9.98. The van der Waals surface area contributed by atoms with E-state index >= 15 is 0 Å². The van der Waals surface area contributed by atoms with Gasteiger partial charge < -0.3 is 14.8 Å². The first kappa shape index (κ1) is 24.7. The molecule has 10 heteroatoms. The van der Waals surface area contributed by atoms with Crippen molar-refractivity contribution in [2.45, 2.75) is 37.7 Å². The van der Waals surface area contributed by atoms with Gasteiger partial charge in [-0.15, -0.1) is 0 Å². The molecule has 2 aromatic rings. The second-order valence-corrected chi connectivity index (χ2v) is 9.57. The van der Waals surface area contributed by atoms with Crippen LogP contribution in [0, 0.1) is 11.7 Å². The molecule has 1 unspecified atom stereocenters. The Kier molecular flexibility index (Phi) is 8.04. The van der Waals surface area contributed by atoms with Crippen LogP contribution in [-0.4, -0.2) is 50.4 Å². The van der Waals surface area contributed by atoms with Crippen LogP contribution in [-0.2, 0) is 24.3 Å². The number of carbonyl (C=O) groups excluding carboxylic acids is 2. The Hall–Kier alpha value is -2.98. The van der Waals surface area contributed by atoms with Gasteiger partial charge in [-0.25, -0.2) is 12.8 Å². The van der Waals surface area contributed by atoms with E-state index < -0.39 is 39.7 Å². The zero-order valence-corrected chi connectivity index (χ0v) is 19.3. The van der Waals surface area contributed by atoms with Crippen LogP contribution < -0.4 is 10.1 Å². The molecule has 0 spiro atoms. The van der Waals surface area contributed by atoms with Gasteiger partial charge in [0.15, 0.2) is 6.10 Å². The monoisotopic (exact) mass is 478 g/mol. The summed E-state index contributed by atoms with van der Waals surface area (Å²) in [7, 11) is -3.69. The van der Waals surface area contributed by atoms with E-state index in [2.05, 4.69) is 5.32 Å². The number of hydrogen-bond donors (Lipinski definition) is 1. The standard InChI is InChI=1S/C23H27FN2O6S/c1-3-31-18-8-10-19(11-9-18)33(29,30)26-14-12-17(13-15-26)23(28)32-16(2)22(27)25-21-7-5-4-6-20(21)24/h4-11,16-17H,3,12-15H2,1-2H3,(H,25,27). The Balaban J connectivity index is 1.52. The van der Waals surface area contributed by atoms with Crippen molar-refractivity contribution in [2.75, 3.05) is 25.0 Å². The van der Waals surface area contributed by atoms with Crippen molar-refractivity contribution in [3.8, 4) is 5.75 Å². The molecule has 1 N–H and O–H groups in total. The number of nitrogens with zero attached hydrogens (tertiary/aromatic N) is 1. The molecule has 0 aliphatic carbocycles. The highest BCUT2D eigenvalue weighted by molar-refractivity contribution is 7.89. The average Bonchev–Trinajstić information content (AvgIpc) is 2.81. The van der Waals surface area contributed by atoms with E-state index in [4.69, 9.17) is 9.47 Å². The Morgan fingerprint density at radius 2 is 1.76 bits per heavy atom. The van der Waals surface area contributed by atoms with Crippen molar-refractivity contribution in [1.82, 2.24) is 4.31 Å². The van der Waals surface area contributed by atoms with Gasteiger partial charge in [-0.2, -0.15) is 4.31 Å². The van der Waals surface area contributed by atoms with Crippen molar-refractivity contribution < 1.29 is 31.9 Å². The van der Waals surface area contributed by atoms with E-state index in [0.29, 0.717) is 12.4 Å². The lowest BCUT2D eigenvalue weighted by Gasteiger charge is -2.30. The molecule has 1 aliphatic rings. The summed E-state index contributed by atoms with van der Waals surface area (Å²) in [4.78, 5) is 24.9. The maximum Gasteiger partial charge on any atom is 0.309 e. The molecule has 33 heavy (non-hydrogen) atoms. The Morgan fingerprint density at radius 1 is 1.12 bits per heavy atom. The van der Waals surface area contributed by atoms with E-state index in [0.717, 1.165) is 0 Å². The normalized spacial score (nSPS) is 16.1. The fourth-order valence-electron chi connectivity index (χ4n) is 3.48. The third-order valence-corrected chi connectivity index (χ3v) is 7.27. The summed E-state index contributed by atoms with van der Waals surface area (Å²) in [6.45, 7) is 4.05. The van der Waals surface area contributed by atoms with Gasteiger partial charge >= 0.3 is 5.97 Å². The molecule has 1 amide bonds. The molecule has 1 heterocycles. The van der Waals surface area contributed by atoms with Crippen LogP contribution in [0.5, 0.6) is 5.75 Å². The van der Waals surface area contributed by atoms with Gasteiger partial charge in [-0.05, 0) is 63.1 Å². The fourth-order valence-corrected chi connectivity index (χ4v) is 4.95. The summed E-state index contributed by atoms with van der Waals surface area (Å²) >= 11 is 0. The highest BCUT2D eigenvalue weighted by atomic mass is 32.2. The van der Waals surface area contributed by atoms with Crippen LogP contribution in [0.15, 0.2) is 53.4 Å². The molecule has 0 saturated carbocycles. The second kappa shape index (κ2) is 10.8. The Bertz CT molecular complexity index is 1080. The van der Waals surface area contributed by atoms with E-state index in [1.165, 1.54) is 41.6 Å². The number of carbonyl (C=O) groups is 2. The van der Waals surface area contributed by atoms with Gasteiger partial charge in [-0.3, -0.25) is 9.59 Å². The number of piperidine rings is 1. The summed E-state index contributed by atoms with van der Waals surface area (Å²) < 4.78 is 51.4. The van der Waals surface area contributed by atoms with E-state index in [1.807, 2.05) is 6.92 Å². The zero-order valence-electron chi connectivity index (χ0n) is 18.5. The van der Waals surface area contributed by atoms with Crippen molar-refractivity contribution in [2.24, 2.45) is 5.92 Å². The quantitative estimate of drug-likeness (QED) is 0.585. The predicted octanol–water partition coefficient (Wildman–Crippen LogP) is 3.20. The molecule has 1 saturated heterocycles. The number of ether oxygens (including phenoxy) is 2. The number of nitrogens with one attached hydrogen (secondary N) is 1. The largest absolute Gasteiger partial charge is 0.494 e. The molecular formula is C23H27FN2O6S. The number of hydrogen-bond acceptors (Lipinski definition) is 6.